The predicted molar refractivity (Wildman–Crippen MR) is 142 cm³/mol. The van der Waals surface area contributed by atoms with Gasteiger partial charge in [-0.1, -0.05) is 18.0 Å². The zero-order chi connectivity index (χ0) is 25.9. The van der Waals surface area contributed by atoms with Gasteiger partial charge in [-0.25, -0.2) is 4.39 Å². The number of hydrogen-bond donors (Lipinski definition) is 2. The molecule has 5 rings (SSSR count). The van der Waals surface area contributed by atoms with E-state index in [0.717, 1.165) is 50.8 Å². The molecular formula is C28H35ClFN3O4. The van der Waals surface area contributed by atoms with Crippen LogP contribution in [0.1, 0.15) is 50.0 Å². The van der Waals surface area contributed by atoms with E-state index < -0.39 is 0 Å². The van der Waals surface area contributed by atoms with Gasteiger partial charge >= 0.3 is 0 Å². The van der Waals surface area contributed by atoms with Gasteiger partial charge in [0.05, 0.1) is 35.0 Å². The highest BCUT2D eigenvalue weighted by molar-refractivity contribution is 6.33. The van der Waals surface area contributed by atoms with Crippen LogP contribution in [0.3, 0.4) is 0 Å². The predicted octanol–water partition coefficient (Wildman–Crippen LogP) is 5.22. The summed E-state index contributed by atoms with van der Waals surface area (Å²) in [7, 11) is 1.65. The summed E-state index contributed by atoms with van der Waals surface area (Å²) in [4.78, 5) is 15.7. The van der Waals surface area contributed by atoms with E-state index in [2.05, 4.69) is 10.2 Å². The van der Waals surface area contributed by atoms with Crippen LogP contribution in [0.2, 0.25) is 5.02 Å². The Balaban J connectivity index is 1.17. The smallest absolute Gasteiger partial charge is 0.230 e. The molecule has 1 aliphatic carbocycles. The fourth-order valence-corrected chi connectivity index (χ4v) is 6.14. The Hall–Kier alpha value is -2.55. The summed E-state index contributed by atoms with van der Waals surface area (Å²) in [6.07, 6.45) is 5.66. The van der Waals surface area contributed by atoms with Crippen LogP contribution in [0, 0.1) is 11.7 Å². The van der Waals surface area contributed by atoms with Gasteiger partial charge in [0.15, 0.2) is 0 Å². The third kappa shape index (κ3) is 5.66. The minimum absolute atomic E-state index is 0.0901. The van der Waals surface area contributed by atoms with Crippen molar-refractivity contribution in [3.05, 3.63) is 46.7 Å². The molecule has 3 aliphatic rings. The van der Waals surface area contributed by atoms with Gasteiger partial charge < -0.3 is 30.2 Å². The van der Waals surface area contributed by atoms with Crippen molar-refractivity contribution in [2.24, 2.45) is 5.92 Å². The zero-order valence-electron chi connectivity index (χ0n) is 21.2. The fraction of sp³-hybridized carbons (Fsp3) is 0.536. The molecule has 3 N–H and O–H groups in total. The number of piperidine rings is 1. The molecule has 2 heterocycles. The first-order chi connectivity index (χ1) is 17.9. The molecule has 2 fully saturated rings. The number of amides is 1. The van der Waals surface area contributed by atoms with Crippen LogP contribution in [0.15, 0.2) is 30.3 Å². The number of anilines is 2. The number of ether oxygens (including phenoxy) is 3. The molecule has 2 aliphatic heterocycles. The van der Waals surface area contributed by atoms with Crippen LogP contribution in [0.5, 0.6) is 11.5 Å². The molecule has 9 heteroatoms. The molecule has 0 bridgehead atoms. The SMILES string of the molecule is COC1CN(CCCOc2ccc(F)cc2)CCC1C(=O)Nc1cc(Cl)c(N)c2c1OC1CCCCC21. The summed E-state index contributed by atoms with van der Waals surface area (Å²) in [5.41, 5.74) is 8.48. The second-order valence-corrected chi connectivity index (χ2v) is 10.6. The maximum Gasteiger partial charge on any atom is 0.230 e. The molecule has 2 aromatic carbocycles. The van der Waals surface area contributed by atoms with Gasteiger partial charge in [0.25, 0.3) is 0 Å². The number of nitrogens with one attached hydrogen (secondary N) is 1. The number of methoxy groups -OCH3 is 1. The Bertz CT molecular complexity index is 1120. The molecule has 0 spiro atoms. The van der Waals surface area contributed by atoms with E-state index in [1.807, 2.05) is 0 Å². The summed E-state index contributed by atoms with van der Waals surface area (Å²) >= 11 is 6.49. The number of fused-ring (bicyclic) bond motifs is 3. The van der Waals surface area contributed by atoms with E-state index >= 15 is 0 Å². The third-order valence-corrected chi connectivity index (χ3v) is 8.20. The Kier molecular flexibility index (Phi) is 8.07. The van der Waals surface area contributed by atoms with E-state index in [1.54, 1.807) is 25.3 Å². The number of likely N-dealkylation sites (tertiary alicyclic amines) is 1. The Morgan fingerprint density at radius 3 is 2.81 bits per heavy atom. The number of hydrogen-bond acceptors (Lipinski definition) is 6. The molecule has 37 heavy (non-hydrogen) atoms. The highest BCUT2D eigenvalue weighted by Crippen LogP contribution is 2.53. The fourth-order valence-electron chi connectivity index (χ4n) is 5.93. The number of rotatable bonds is 8. The normalized spacial score (nSPS) is 25.2. The zero-order valence-corrected chi connectivity index (χ0v) is 21.9. The lowest BCUT2D eigenvalue weighted by Gasteiger charge is -2.37. The molecule has 4 unspecified atom stereocenters. The number of nitrogens with two attached hydrogens (primary N) is 1. The Morgan fingerprint density at radius 2 is 2.03 bits per heavy atom. The number of nitrogens with zero attached hydrogens (tertiary/aromatic N) is 1. The Labute approximate surface area is 222 Å². The van der Waals surface area contributed by atoms with Gasteiger partial charge in [0, 0.05) is 31.7 Å². The maximum absolute atomic E-state index is 13.4. The van der Waals surface area contributed by atoms with Crippen molar-refractivity contribution in [2.75, 3.05) is 44.4 Å². The quantitative estimate of drug-likeness (QED) is 0.358. The van der Waals surface area contributed by atoms with Crippen LogP contribution >= 0.6 is 11.6 Å². The highest BCUT2D eigenvalue weighted by Gasteiger charge is 2.41. The monoisotopic (exact) mass is 531 g/mol. The molecule has 1 saturated carbocycles. The van der Waals surface area contributed by atoms with Crippen molar-refractivity contribution in [2.45, 2.75) is 56.7 Å². The van der Waals surface area contributed by atoms with Crippen LogP contribution in [-0.4, -0.2) is 56.4 Å². The van der Waals surface area contributed by atoms with Crippen molar-refractivity contribution < 1.29 is 23.4 Å². The lowest BCUT2D eigenvalue weighted by atomic mass is 9.82. The molecule has 2 aromatic rings. The Morgan fingerprint density at radius 1 is 1.24 bits per heavy atom. The van der Waals surface area contributed by atoms with Crippen LogP contribution < -0.4 is 20.5 Å². The lowest BCUT2D eigenvalue weighted by Crippen LogP contribution is -2.49. The highest BCUT2D eigenvalue weighted by atomic mass is 35.5. The lowest BCUT2D eigenvalue weighted by molar-refractivity contribution is -0.127. The van der Waals surface area contributed by atoms with E-state index in [1.165, 1.54) is 12.1 Å². The summed E-state index contributed by atoms with van der Waals surface area (Å²) in [6.45, 7) is 2.81. The van der Waals surface area contributed by atoms with Crippen molar-refractivity contribution in [3.8, 4) is 11.5 Å². The van der Waals surface area contributed by atoms with Gasteiger partial charge in [-0.3, -0.25) is 4.79 Å². The molecule has 0 aromatic heterocycles. The van der Waals surface area contributed by atoms with E-state index in [4.69, 9.17) is 31.5 Å². The van der Waals surface area contributed by atoms with E-state index in [0.29, 0.717) is 47.5 Å². The molecule has 0 radical (unpaired) electrons. The van der Waals surface area contributed by atoms with Gasteiger partial charge in [0.1, 0.15) is 23.4 Å². The largest absolute Gasteiger partial charge is 0.494 e. The summed E-state index contributed by atoms with van der Waals surface area (Å²) in [5.74, 6) is 0.920. The second kappa shape index (κ2) is 11.5. The number of halogens is 2. The number of carbonyl (C=O) groups excluding carboxylic acids is 1. The van der Waals surface area contributed by atoms with E-state index in [9.17, 15) is 9.18 Å². The minimum Gasteiger partial charge on any atom is -0.494 e. The molecule has 1 saturated heterocycles. The molecule has 200 valence electrons. The molecular weight excluding hydrogens is 497 g/mol. The standard InChI is InChI=1S/C28H35ClFN3O4/c1-35-24-16-33(12-4-14-36-18-9-7-17(30)8-10-18)13-11-20(24)28(34)32-22-15-21(29)26(31)25-19-5-2-3-6-23(19)37-27(22)25/h7-10,15,19-20,23-24H,2-6,11-14,16,31H2,1H3,(H,32,34). The average Bonchev–Trinajstić information content (AvgIpc) is 3.30. The van der Waals surface area contributed by atoms with E-state index in [-0.39, 0.29) is 35.8 Å². The molecule has 4 atom stereocenters. The maximum atomic E-state index is 13.4. The molecule has 7 nitrogen and oxygen atoms in total. The minimum atomic E-state index is -0.285. The van der Waals surface area contributed by atoms with Gasteiger partial charge in [-0.2, -0.15) is 0 Å². The summed E-state index contributed by atoms with van der Waals surface area (Å²) < 4.78 is 30.8. The summed E-state index contributed by atoms with van der Waals surface area (Å²) in [6, 6.07) is 7.75. The van der Waals surface area contributed by atoms with Crippen molar-refractivity contribution in [1.29, 1.82) is 0 Å². The number of carbonyl (C=O) groups is 1. The van der Waals surface area contributed by atoms with Crippen LogP contribution in [0.25, 0.3) is 0 Å². The van der Waals surface area contributed by atoms with Gasteiger partial charge in [-0.15, -0.1) is 0 Å². The second-order valence-electron chi connectivity index (χ2n) is 10.2. The summed E-state index contributed by atoms with van der Waals surface area (Å²) in [5, 5.41) is 3.54. The van der Waals surface area contributed by atoms with Crippen LogP contribution in [0.4, 0.5) is 15.8 Å². The van der Waals surface area contributed by atoms with Gasteiger partial charge in [0.2, 0.25) is 5.91 Å². The number of benzene rings is 2. The first-order valence-electron chi connectivity index (χ1n) is 13.2. The van der Waals surface area contributed by atoms with Crippen LogP contribution in [-0.2, 0) is 9.53 Å². The molecule has 1 amide bonds. The van der Waals surface area contributed by atoms with Gasteiger partial charge in [-0.05, 0) is 69.0 Å². The first kappa shape index (κ1) is 26.1. The number of nitrogen functional groups attached to an aromatic ring is 1. The topological polar surface area (TPSA) is 86.1 Å². The van der Waals surface area contributed by atoms with Crippen molar-refractivity contribution >= 4 is 28.9 Å². The first-order valence-corrected chi connectivity index (χ1v) is 13.5. The average molecular weight is 532 g/mol. The third-order valence-electron chi connectivity index (χ3n) is 7.89. The van der Waals surface area contributed by atoms with Crippen molar-refractivity contribution in [3.63, 3.8) is 0 Å². The van der Waals surface area contributed by atoms with Crippen molar-refractivity contribution in [1.82, 2.24) is 4.90 Å².